The smallest absolute Gasteiger partial charge is 0.340 e. The van der Waals surface area contributed by atoms with Crippen LogP contribution in [0, 0.1) is 34.6 Å². The van der Waals surface area contributed by atoms with Gasteiger partial charge < -0.3 is 4.74 Å². The fourth-order valence-corrected chi connectivity index (χ4v) is 2.38. The molecule has 23 heavy (non-hydrogen) atoms. The molecule has 0 atom stereocenters. The highest BCUT2D eigenvalue weighted by molar-refractivity contribution is 6.00. The van der Waals surface area contributed by atoms with Crippen molar-refractivity contribution in [3.05, 3.63) is 63.5 Å². The number of rotatable bonds is 4. The van der Waals surface area contributed by atoms with Crippen molar-refractivity contribution in [3.8, 4) is 0 Å². The molecular formula is C19H21NO3. The van der Waals surface area contributed by atoms with E-state index in [9.17, 15) is 9.59 Å². The van der Waals surface area contributed by atoms with E-state index in [-0.39, 0.29) is 12.4 Å². The molecule has 0 unspecified atom stereocenters. The van der Waals surface area contributed by atoms with Gasteiger partial charge in [-0.05, 0) is 75.1 Å². The van der Waals surface area contributed by atoms with Crippen molar-refractivity contribution in [3.63, 3.8) is 0 Å². The van der Waals surface area contributed by atoms with E-state index >= 15 is 0 Å². The standard InChI is InChI=1S/C19H21NO3/c1-11-8-17(15(5)14(4)13(11)3)18(21)10-23-19(22)16-7-6-12(2)20-9-16/h6-9H,10H2,1-5H3. The molecule has 0 saturated heterocycles. The maximum atomic E-state index is 12.4. The predicted molar refractivity (Wildman–Crippen MR) is 89.0 cm³/mol. The number of hydrogen-bond acceptors (Lipinski definition) is 4. The first-order chi connectivity index (χ1) is 10.8. The van der Waals surface area contributed by atoms with Crippen molar-refractivity contribution in [1.29, 1.82) is 0 Å². The summed E-state index contributed by atoms with van der Waals surface area (Å²) in [5, 5.41) is 0. The molecule has 1 aromatic heterocycles. The molecule has 0 bridgehead atoms. The predicted octanol–water partition coefficient (Wildman–Crippen LogP) is 3.66. The van der Waals surface area contributed by atoms with Gasteiger partial charge in [-0.3, -0.25) is 9.78 Å². The van der Waals surface area contributed by atoms with Crippen LogP contribution in [0.15, 0.2) is 24.4 Å². The van der Waals surface area contributed by atoms with Gasteiger partial charge in [-0.1, -0.05) is 0 Å². The Morgan fingerprint density at radius 1 is 1.00 bits per heavy atom. The summed E-state index contributed by atoms with van der Waals surface area (Å²) in [7, 11) is 0. The van der Waals surface area contributed by atoms with Gasteiger partial charge in [0.15, 0.2) is 6.61 Å². The zero-order valence-electron chi connectivity index (χ0n) is 14.2. The lowest BCUT2D eigenvalue weighted by Gasteiger charge is -2.13. The van der Waals surface area contributed by atoms with Crippen LogP contribution in [0.3, 0.4) is 0 Å². The molecule has 0 spiro atoms. The molecule has 0 aliphatic rings. The highest BCUT2D eigenvalue weighted by Crippen LogP contribution is 2.21. The normalized spacial score (nSPS) is 10.5. The highest BCUT2D eigenvalue weighted by Gasteiger charge is 2.16. The van der Waals surface area contributed by atoms with Crippen LogP contribution in [0.25, 0.3) is 0 Å². The Hall–Kier alpha value is -2.49. The van der Waals surface area contributed by atoms with Crippen LogP contribution in [0.5, 0.6) is 0 Å². The summed E-state index contributed by atoms with van der Waals surface area (Å²) < 4.78 is 5.12. The van der Waals surface area contributed by atoms with Crippen molar-refractivity contribution in [1.82, 2.24) is 4.98 Å². The second kappa shape index (κ2) is 6.73. The maximum Gasteiger partial charge on any atom is 0.340 e. The van der Waals surface area contributed by atoms with Gasteiger partial charge in [0.2, 0.25) is 5.78 Å². The van der Waals surface area contributed by atoms with Gasteiger partial charge in [0, 0.05) is 17.5 Å². The quantitative estimate of drug-likeness (QED) is 0.638. The average Bonchev–Trinajstić information content (AvgIpc) is 2.54. The van der Waals surface area contributed by atoms with Crippen LogP contribution >= 0.6 is 0 Å². The van der Waals surface area contributed by atoms with Crippen LogP contribution in [0.1, 0.15) is 48.7 Å². The number of aryl methyl sites for hydroxylation is 2. The van der Waals surface area contributed by atoms with E-state index in [0.29, 0.717) is 11.1 Å². The summed E-state index contributed by atoms with van der Waals surface area (Å²) in [4.78, 5) is 28.4. The Morgan fingerprint density at radius 2 is 1.70 bits per heavy atom. The van der Waals surface area contributed by atoms with Crippen LogP contribution < -0.4 is 0 Å². The molecule has 0 N–H and O–H groups in total. The van der Waals surface area contributed by atoms with Crippen LogP contribution in [0.4, 0.5) is 0 Å². The summed E-state index contributed by atoms with van der Waals surface area (Å²) in [6.07, 6.45) is 1.45. The van der Waals surface area contributed by atoms with E-state index in [1.807, 2.05) is 40.7 Å². The van der Waals surface area contributed by atoms with E-state index in [0.717, 1.165) is 22.4 Å². The van der Waals surface area contributed by atoms with Crippen molar-refractivity contribution >= 4 is 11.8 Å². The molecule has 0 fully saturated rings. The summed E-state index contributed by atoms with van der Waals surface area (Å²) >= 11 is 0. The molecule has 120 valence electrons. The third-order valence-electron chi connectivity index (χ3n) is 4.26. The molecule has 2 aromatic rings. The summed E-state index contributed by atoms with van der Waals surface area (Å²) in [6.45, 7) is 9.50. The largest absolute Gasteiger partial charge is 0.454 e. The van der Waals surface area contributed by atoms with E-state index in [1.165, 1.54) is 11.8 Å². The SMILES string of the molecule is Cc1ccc(C(=O)OCC(=O)c2cc(C)c(C)c(C)c2C)cn1. The Bertz CT molecular complexity index is 761. The molecule has 0 saturated carbocycles. The van der Waals surface area contributed by atoms with Crippen molar-refractivity contribution in [2.75, 3.05) is 6.61 Å². The molecule has 2 rings (SSSR count). The number of pyridine rings is 1. The Kier molecular flexibility index (Phi) is 4.94. The van der Waals surface area contributed by atoms with Gasteiger partial charge in [-0.25, -0.2) is 4.79 Å². The minimum absolute atomic E-state index is 0.192. The molecular weight excluding hydrogens is 290 g/mol. The molecule has 0 radical (unpaired) electrons. The van der Waals surface area contributed by atoms with Crippen molar-refractivity contribution < 1.29 is 14.3 Å². The van der Waals surface area contributed by atoms with Crippen molar-refractivity contribution in [2.45, 2.75) is 34.6 Å². The maximum absolute atomic E-state index is 12.4. The highest BCUT2D eigenvalue weighted by atomic mass is 16.5. The van der Waals surface area contributed by atoms with E-state index in [4.69, 9.17) is 4.74 Å². The Balaban J connectivity index is 2.11. The summed E-state index contributed by atoms with van der Waals surface area (Å²) in [6, 6.07) is 5.23. The molecule has 0 aliphatic carbocycles. The first-order valence-electron chi connectivity index (χ1n) is 7.51. The molecule has 0 aliphatic heterocycles. The lowest BCUT2D eigenvalue weighted by Crippen LogP contribution is -2.16. The average molecular weight is 311 g/mol. The number of nitrogens with zero attached hydrogens (tertiary/aromatic N) is 1. The fraction of sp³-hybridized carbons (Fsp3) is 0.316. The number of Topliss-reactive ketones (excluding diaryl/α,β-unsaturated/α-hetero) is 1. The second-order valence-electron chi connectivity index (χ2n) is 5.80. The van der Waals surface area contributed by atoms with Crippen LogP contribution in [0.2, 0.25) is 0 Å². The van der Waals surface area contributed by atoms with Crippen molar-refractivity contribution in [2.24, 2.45) is 0 Å². The van der Waals surface area contributed by atoms with Gasteiger partial charge in [-0.2, -0.15) is 0 Å². The van der Waals surface area contributed by atoms with Gasteiger partial charge in [0.25, 0.3) is 0 Å². The molecule has 1 aromatic carbocycles. The lowest BCUT2D eigenvalue weighted by molar-refractivity contribution is 0.0474. The molecule has 0 amide bonds. The minimum Gasteiger partial charge on any atom is -0.454 e. The van der Waals surface area contributed by atoms with Gasteiger partial charge in [-0.15, -0.1) is 0 Å². The first-order valence-corrected chi connectivity index (χ1v) is 7.51. The number of esters is 1. The zero-order chi connectivity index (χ0) is 17.1. The Morgan fingerprint density at radius 3 is 2.30 bits per heavy atom. The Labute approximate surface area is 136 Å². The number of hydrogen-bond donors (Lipinski definition) is 0. The number of carbonyl (C=O) groups excluding carboxylic acids is 2. The van der Waals surface area contributed by atoms with E-state index < -0.39 is 5.97 Å². The fourth-order valence-electron chi connectivity index (χ4n) is 2.38. The number of benzene rings is 1. The number of aromatic nitrogens is 1. The van der Waals surface area contributed by atoms with Crippen LogP contribution in [-0.2, 0) is 4.74 Å². The summed E-state index contributed by atoms with van der Waals surface area (Å²) in [5.74, 6) is -0.730. The summed E-state index contributed by atoms with van der Waals surface area (Å²) in [5.41, 5.74) is 6.05. The molecule has 4 nitrogen and oxygen atoms in total. The number of ketones is 1. The minimum atomic E-state index is -0.538. The number of carbonyl (C=O) groups is 2. The second-order valence-corrected chi connectivity index (χ2v) is 5.80. The van der Waals surface area contributed by atoms with Gasteiger partial charge in [0.05, 0.1) is 5.56 Å². The van der Waals surface area contributed by atoms with Gasteiger partial charge >= 0.3 is 5.97 Å². The van der Waals surface area contributed by atoms with Gasteiger partial charge in [0.1, 0.15) is 0 Å². The van der Waals surface area contributed by atoms with E-state index in [2.05, 4.69) is 4.98 Å². The number of ether oxygens (including phenoxy) is 1. The third-order valence-corrected chi connectivity index (χ3v) is 4.26. The molecule has 1 heterocycles. The zero-order valence-corrected chi connectivity index (χ0v) is 14.2. The van der Waals surface area contributed by atoms with E-state index in [1.54, 1.807) is 12.1 Å². The lowest BCUT2D eigenvalue weighted by atomic mass is 9.93. The first kappa shape index (κ1) is 16.9. The topological polar surface area (TPSA) is 56.3 Å². The third kappa shape index (κ3) is 3.65. The monoisotopic (exact) mass is 311 g/mol. The van der Waals surface area contributed by atoms with Crippen LogP contribution in [-0.4, -0.2) is 23.3 Å². The molecule has 4 heteroatoms.